The minimum atomic E-state index is -0.521. The van der Waals surface area contributed by atoms with Crippen LogP contribution in [0.2, 0.25) is 5.02 Å². The van der Waals surface area contributed by atoms with Crippen LogP contribution in [0.3, 0.4) is 0 Å². The predicted molar refractivity (Wildman–Crippen MR) is 139 cm³/mol. The Hall–Kier alpha value is -3.97. The van der Waals surface area contributed by atoms with Crippen LogP contribution >= 0.6 is 11.6 Å². The second-order valence-electron chi connectivity index (χ2n) is 8.64. The highest BCUT2D eigenvalue weighted by atomic mass is 35.5. The number of hydrogen-bond donors (Lipinski definition) is 1. The maximum atomic E-state index is 13.9. The molecule has 4 rings (SSSR count). The fraction of sp³-hybridized carbons (Fsp3) is 0.207. The molecule has 0 saturated carbocycles. The van der Waals surface area contributed by atoms with Crippen LogP contribution in [0.5, 0.6) is 0 Å². The van der Waals surface area contributed by atoms with E-state index in [4.69, 9.17) is 16.3 Å². The van der Waals surface area contributed by atoms with Crippen LogP contribution in [0.4, 0.5) is 10.1 Å². The Morgan fingerprint density at radius 3 is 2.38 bits per heavy atom. The van der Waals surface area contributed by atoms with Gasteiger partial charge in [-0.15, -0.1) is 0 Å². The zero-order valence-electron chi connectivity index (χ0n) is 20.5. The number of carbonyl (C=O) groups is 3. The van der Waals surface area contributed by atoms with E-state index in [1.165, 1.54) is 12.1 Å². The number of hydrogen-bond acceptors (Lipinski definition) is 4. The molecule has 0 bridgehead atoms. The summed E-state index contributed by atoms with van der Waals surface area (Å²) in [6, 6.07) is 19.7. The summed E-state index contributed by atoms with van der Waals surface area (Å²) in [4.78, 5) is 40.2. The molecule has 3 aromatic rings. The Bertz CT molecular complexity index is 1350. The summed E-state index contributed by atoms with van der Waals surface area (Å²) < 4.78 is 19.2. The molecule has 1 atom stereocenters. The number of nitrogens with one attached hydrogen (secondary N) is 1. The van der Waals surface area contributed by atoms with Gasteiger partial charge in [0.25, 0.3) is 5.91 Å². The van der Waals surface area contributed by atoms with Crippen molar-refractivity contribution in [2.75, 3.05) is 11.9 Å². The van der Waals surface area contributed by atoms with Crippen LogP contribution in [0.15, 0.2) is 84.1 Å². The van der Waals surface area contributed by atoms with Crippen LogP contribution in [-0.4, -0.2) is 29.3 Å². The van der Waals surface area contributed by atoms with Crippen LogP contribution < -0.4 is 5.32 Å². The molecule has 37 heavy (non-hydrogen) atoms. The zero-order chi connectivity index (χ0) is 26.5. The summed E-state index contributed by atoms with van der Waals surface area (Å²) in [5.41, 5.74) is 2.98. The third-order valence-electron chi connectivity index (χ3n) is 6.27. The molecule has 0 spiro atoms. The number of amides is 2. The zero-order valence-corrected chi connectivity index (χ0v) is 21.2. The van der Waals surface area contributed by atoms with Gasteiger partial charge in [-0.25, -0.2) is 9.18 Å². The minimum absolute atomic E-state index is 0.0954. The molecule has 1 unspecified atom stereocenters. The van der Waals surface area contributed by atoms with Crippen molar-refractivity contribution in [2.45, 2.75) is 32.7 Å². The Morgan fingerprint density at radius 1 is 1.05 bits per heavy atom. The van der Waals surface area contributed by atoms with Gasteiger partial charge in [-0.1, -0.05) is 48.0 Å². The van der Waals surface area contributed by atoms with Gasteiger partial charge in [0, 0.05) is 28.6 Å². The fourth-order valence-corrected chi connectivity index (χ4v) is 4.48. The number of allylic oxidation sites excluding steroid dienone is 1. The number of benzene rings is 3. The van der Waals surface area contributed by atoms with Crippen LogP contribution in [0.25, 0.3) is 0 Å². The van der Waals surface area contributed by atoms with Crippen molar-refractivity contribution >= 4 is 35.1 Å². The van der Waals surface area contributed by atoms with Crippen molar-refractivity contribution in [3.63, 3.8) is 0 Å². The van der Waals surface area contributed by atoms with E-state index in [0.717, 1.165) is 11.1 Å². The molecule has 190 valence electrons. The lowest BCUT2D eigenvalue weighted by molar-refractivity contribution is -0.140. The average molecular weight is 521 g/mol. The minimum Gasteiger partial charge on any atom is -0.463 e. The van der Waals surface area contributed by atoms with Crippen molar-refractivity contribution in [3.05, 3.63) is 112 Å². The second kappa shape index (κ2) is 11.4. The number of ether oxygens (including phenoxy) is 1. The van der Waals surface area contributed by atoms with Crippen molar-refractivity contribution in [2.24, 2.45) is 0 Å². The molecule has 1 N–H and O–H groups in total. The van der Waals surface area contributed by atoms with Crippen molar-refractivity contribution in [1.82, 2.24) is 4.90 Å². The Kier molecular flexibility index (Phi) is 8.04. The van der Waals surface area contributed by atoms with E-state index in [1.807, 2.05) is 12.1 Å². The molecule has 3 aromatic carbocycles. The summed E-state index contributed by atoms with van der Waals surface area (Å²) in [6.07, 6.45) is 0.107. The third kappa shape index (κ3) is 5.89. The molecule has 0 aliphatic carbocycles. The first-order valence-corrected chi connectivity index (χ1v) is 12.2. The number of nitrogens with zero attached hydrogens (tertiary/aromatic N) is 1. The molecular weight excluding hydrogens is 495 g/mol. The highest BCUT2D eigenvalue weighted by Gasteiger charge is 2.36. The van der Waals surface area contributed by atoms with E-state index in [1.54, 1.807) is 67.3 Å². The lowest BCUT2D eigenvalue weighted by Gasteiger charge is -2.34. The van der Waals surface area contributed by atoms with E-state index in [0.29, 0.717) is 21.9 Å². The first-order valence-electron chi connectivity index (χ1n) is 11.9. The lowest BCUT2D eigenvalue weighted by Crippen LogP contribution is -2.38. The molecule has 1 heterocycles. The fourth-order valence-electron chi connectivity index (χ4n) is 4.36. The quantitative estimate of drug-likeness (QED) is 0.383. The number of halogens is 2. The monoisotopic (exact) mass is 520 g/mol. The van der Waals surface area contributed by atoms with E-state index >= 15 is 0 Å². The SMILES string of the molecule is CCOC(=O)C1=C(C)N(Cc2ccc(C(=O)Nc3ccccc3F)cc2)C(=O)CC1c1ccc(Cl)cc1. The number of anilines is 1. The van der Waals surface area contributed by atoms with Gasteiger partial charge in [0.05, 0.1) is 24.4 Å². The van der Waals surface area contributed by atoms with Crippen molar-refractivity contribution in [3.8, 4) is 0 Å². The number of para-hydroxylation sites is 1. The third-order valence-corrected chi connectivity index (χ3v) is 6.52. The molecule has 1 aliphatic rings. The predicted octanol–water partition coefficient (Wildman–Crippen LogP) is 6.08. The smallest absolute Gasteiger partial charge is 0.336 e. The van der Waals surface area contributed by atoms with Crippen LogP contribution in [0.1, 0.15) is 47.7 Å². The summed E-state index contributed by atoms with van der Waals surface area (Å²) in [6.45, 7) is 3.91. The van der Waals surface area contributed by atoms with E-state index in [9.17, 15) is 18.8 Å². The number of carbonyl (C=O) groups excluding carboxylic acids is 3. The molecule has 0 saturated heterocycles. The Labute approximate surface area is 219 Å². The summed E-state index contributed by atoms with van der Waals surface area (Å²) in [7, 11) is 0. The first-order chi connectivity index (χ1) is 17.8. The molecule has 2 amide bonds. The molecule has 1 aliphatic heterocycles. The van der Waals surface area contributed by atoms with Gasteiger partial charge in [0.2, 0.25) is 5.91 Å². The van der Waals surface area contributed by atoms with E-state index in [-0.39, 0.29) is 31.2 Å². The topological polar surface area (TPSA) is 75.7 Å². The second-order valence-corrected chi connectivity index (χ2v) is 9.08. The molecule has 8 heteroatoms. The van der Waals surface area contributed by atoms with Gasteiger partial charge in [-0.05, 0) is 61.4 Å². The molecular formula is C29H26ClFN2O4. The normalized spacial score (nSPS) is 15.5. The summed E-state index contributed by atoms with van der Waals surface area (Å²) in [5.74, 6) is -2.00. The summed E-state index contributed by atoms with van der Waals surface area (Å²) >= 11 is 6.03. The van der Waals surface area contributed by atoms with Crippen LogP contribution in [-0.2, 0) is 20.9 Å². The van der Waals surface area contributed by atoms with E-state index < -0.39 is 23.6 Å². The molecule has 6 nitrogen and oxygen atoms in total. The van der Waals surface area contributed by atoms with Gasteiger partial charge in [0.1, 0.15) is 5.82 Å². The van der Waals surface area contributed by atoms with Gasteiger partial charge in [-0.2, -0.15) is 0 Å². The van der Waals surface area contributed by atoms with Crippen LogP contribution in [0, 0.1) is 5.82 Å². The number of esters is 1. The van der Waals surface area contributed by atoms with E-state index in [2.05, 4.69) is 5.32 Å². The largest absolute Gasteiger partial charge is 0.463 e. The molecule has 0 fully saturated rings. The standard InChI is InChI=1S/C29H26ClFN2O4/c1-3-37-29(36)27-18(2)33(26(34)16-23(27)20-12-14-22(30)15-13-20)17-19-8-10-21(11-9-19)28(35)32-25-7-5-4-6-24(25)31/h4-15,23H,3,16-17H2,1-2H3,(H,32,35). The van der Waals surface area contributed by atoms with Gasteiger partial charge < -0.3 is 15.0 Å². The summed E-state index contributed by atoms with van der Waals surface area (Å²) in [5, 5.41) is 3.12. The average Bonchev–Trinajstić information content (AvgIpc) is 2.88. The highest BCUT2D eigenvalue weighted by Crippen LogP contribution is 2.38. The van der Waals surface area contributed by atoms with Gasteiger partial charge in [-0.3, -0.25) is 9.59 Å². The Balaban J connectivity index is 1.56. The molecule has 0 aromatic heterocycles. The van der Waals surface area contributed by atoms with Crippen molar-refractivity contribution < 1.29 is 23.5 Å². The van der Waals surface area contributed by atoms with Crippen molar-refractivity contribution in [1.29, 1.82) is 0 Å². The molecule has 0 radical (unpaired) electrons. The van der Waals surface area contributed by atoms with Gasteiger partial charge in [0.15, 0.2) is 0 Å². The lowest BCUT2D eigenvalue weighted by atomic mass is 9.83. The highest BCUT2D eigenvalue weighted by molar-refractivity contribution is 6.30. The van der Waals surface area contributed by atoms with Gasteiger partial charge >= 0.3 is 5.97 Å². The maximum Gasteiger partial charge on any atom is 0.336 e. The maximum absolute atomic E-state index is 13.9. The Morgan fingerprint density at radius 2 is 1.73 bits per heavy atom. The first kappa shape index (κ1) is 26.1. The number of rotatable bonds is 7.